The van der Waals surface area contributed by atoms with Gasteiger partial charge < -0.3 is 0 Å². The van der Waals surface area contributed by atoms with Crippen molar-refractivity contribution in [3.8, 4) is 33.4 Å². The maximum atomic E-state index is 2.39. The second kappa shape index (κ2) is 7.37. The van der Waals surface area contributed by atoms with E-state index < -0.39 is 0 Å². The van der Waals surface area contributed by atoms with Crippen molar-refractivity contribution in [3.63, 3.8) is 0 Å². The summed E-state index contributed by atoms with van der Waals surface area (Å²) in [4.78, 5) is 2.67. The average Bonchev–Trinajstić information content (AvgIpc) is 2.88. The standard InChI is InChI=1S/C32H20S/c1-2-12-24-21(8-1)9-5-15-27(24)26-14-4-3-13-25(26)23-18-19-30-29(20-23)28-16-6-10-22-11-7-17-31(33-30)32(22)28/h1-20H. The summed E-state index contributed by atoms with van der Waals surface area (Å²) in [6.45, 7) is 0. The highest BCUT2D eigenvalue weighted by atomic mass is 32.2. The summed E-state index contributed by atoms with van der Waals surface area (Å²) in [5, 5.41) is 5.25. The molecular formula is C32H20S. The second-order valence-corrected chi connectivity index (χ2v) is 9.63. The van der Waals surface area contributed by atoms with Gasteiger partial charge in [-0.1, -0.05) is 115 Å². The second-order valence-electron chi connectivity index (χ2n) is 8.55. The quantitative estimate of drug-likeness (QED) is 0.260. The first-order valence-electron chi connectivity index (χ1n) is 11.3. The molecule has 0 N–H and O–H groups in total. The molecular weight excluding hydrogens is 416 g/mol. The Morgan fingerprint density at radius 3 is 1.97 bits per heavy atom. The third-order valence-corrected chi connectivity index (χ3v) is 7.81. The van der Waals surface area contributed by atoms with Gasteiger partial charge in [0.1, 0.15) is 0 Å². The van der Waals surface area contributed by atoms with Crippen LogP contribution in [0.4, 0.5) is 0 Å². The Kier molecular flexibility index (Phi) is 4.18. The van der Waals surface area contributed by atoms with E-state index in [4.69, 9.17) is 0 Å². The molecule has 154 valence electrons. The summed E-state index contributed by atoms with van der Waals surface area (Å²) < 4.78 is 0. The van der Waals surface area contributed by atoms with Crippen molar-refractivity contribution in [3.05, 3.63) is 121 Å². The summed E-state index contributed by atoms with van der Waals surface area (Å²) in [5.41, 5.74) is 7.75. The Bertz CT molecular complexity index is 1680. The lowest BCUT2D eigenvalue weighted by Gasteiger charge is -2.21. The van der Waals surface area contributed by atoms with Crippen LogP contribution in [0.25, 0.3) is 54.9 Å². The molecule has 0 spiro atoms. The van der Waals surface area contributed by atoms with Crippen molar-refractivity contribution in [2.45, 2.75) is 9.79 Å². The van der Waals surface area contributed by atoms with E-state index in [0.717, 1.165) is 0 Å². The van der Waals surface area contributed by atoms with Crippen LogP contribution in [-0.4, -0.2) is 0 Å². The predicted octanol–water partition coefficient (Wildman–Crippen LogP) is 9.46. The third kappa shape index (κ3) is 2.93. The molecule has 1 aliphatic heterocycles. The molecule has 6 aromatic carbocycles. The number of hydrogen-bond donors (Lipinski definition) is 0. The van der Waals surface area contributed by atoms with Gasteiger partial charge in [0.25, 0.3) is 0 Å². The fraction of sp³-hybridized carbons (Fsp3) is 0. The van der Waals surface area contributed by atoms with Crippen molar-refractivity contribution >= 4 is 33.3 Å². The largest absolute Gasteiger partial charge is 0.0888 e. The van der Waals surface area contributed by atoms with Gasteiger partial charge in [0, 0.05) is 15.2 Å². The van der Waals surface area contributed by atoms with Gasteiger partial charge in [0.2, 0.25) is 0 Å². The maximum absolute atomic E-state index is 2.39. The fourth-order valence-electron chi connectivity index (χ4n) is 5.16. The normalized spacial score (nSPS) is 12.1. The van der Waals surface area contributed by atoms with Crippen molar-refractivity contribution in [1.82, 2.24) is 0 Å². The van der Waals surface area contributed by atoms with Crippen LogP contribution in [0, 0.1) is 0 Å². The van der Waals surface area contributed by atoms with Crippen LogP contribution in [0.1, 0.15) is 0 Å². The molecule has 33 heavy (non-hydrogen) atoms. The van der Waals surface area contributed by atoms with Crippen molar-refractivity contribution in [2.75, 3.05) is 0 Å². The average molecular weight is 437 g/mol. The van der Waals surface area contributed by atoms with Gasteiger partial charge in [-0.25, -0.2) is 0 Å². The van der Waals surface area contributed by atoms with E-state index >= 15 is 0 Å². The van der Waals surface area contributed by atoms with E-state index in [-0.39, 0.29) is 0 Å². The molecule has 0 nitrogen and oxygen atoms in total. The van der Waals surface area contributed by atoms with E-state index in [1.165, 1.54) is 64.7 Å². The summed E-state index contributed by atoms with van der Waals surface area (Å²) >= 11 is 1.88. The molecule has 0 fully saturated rings. The van der Waals surface area contributed by atoms with E-state index in [1.807, 2.05) is 11.8 Å². The van der Waals surface area contributed by atoms with Crippen LogP contribution in [-0.2, 0) is 0 Å². The minimum absolute atomic E-state index is 1.26. The third-order valence-electron chi connectivity index (χ3n) is 6.67. The van der Waals surface area contributed by atoms with Gasteiger partial charge in [-0.3, -0.25) is 0 Å². The molecule has 0 unspecified atom stereocenters. The molecule has 0 radical (unpaired) electrons. The molecule has 1 heteroatoms. The van der Waals surface area contributed by atoms with Crippen molar-refractivity contribution in [1.29, 1.82) is 0 Å². The van der Waals surface area contributed by atoms with E-state index in [2.05, 4.69) is 121 Å². The Morgan fingerprint density at radius 2 is 1.06 bits per heavy atom. The Balaban J connectivity index is 1.46. The Labute approximate surface area is 197 Å². The molecule has 0 atom stereocenters. The molecule has 0 aliphatic carbocycles. The summed E-state index contributed by atoms with van der Waals surface area (Å²) in [6, 6.07) is 44.3. The van der Waals surface area contributed by atoms with Gasteiger partial charge in [0.05, 0.1) is 0 Å². The summed E-state index contributed by atoms with van der Waals surface area (Å²) in [5.74, 6) is 0. The molecule has 0 aromatic heterocycles. The Morgan fingerprint density at radius 1 is 0.394 bits per heavy atom. The molecule has 0 bridgehead atoms. The summed E-state index contributed by atoms with van der Waals surface area (Å²) in [6.07, 6.45) is 0. The highest BCUT2D eigenvalue weighted by molar-refractivity contribution is 7.99. The zero-order chi connectivity index (χ0) is 21.8. The van der Waals surface area contributed by atoms with Crippen LogP contribution in [0.2, 0.25) is 0 Å². The topological polar surface area (TPSA) is 0 Å². The first-order chi connectivity index (χ1) is 16.4. The van der Waals surface area contributed by atoms with Crippen molar-refractivity contribution in [2.24, 2.45) is 0 Å². The maximum Gasteiger partial charge on any atom is 0.0207 e. The lowest BCUT2D eigenvalue weighted by atomic mass is 9.89. The van der Waals surface area contributed by atoms with Crippen LogP contribution in [0.5, 0.6) is 0 Å². The molecule has 1 heterocycles. The molecule has 6 aromatic rings. The molecule has 7 rings (SSSR count). The van der Waals surface area contributed by atoms with Gasteiger partial charge in [-0.15, -0.1) is 0 Å². The summed E-state index contributed by atoms with van der Waals surface area (Å²) in [7, 11) is 0. The number of hydrogen-bond acceptors (Lipinski definition) is 1. The fourth-order valence-corrected chi connectivity index (χ4v) is 6.29. The Hall–Kier alpha value is -3.81. The van der Waals surface area contributed by atoms with Crippen molar-refractivity contribution < 1.29 is 0 Å². The minimum atomic E-state index is 1.26. The van der Waals surface area contributed by atoms with Gasteiger partial charge in [-0.05, 0) is 67.7 Å². The van der Waals surface area contributed by atoms with E-state index in [9.17, 15) is 0 Å². The number of fused-ring (bicyclic) bond motifs is 3. The molecule has 0 amide bonds. The van der Waals surface area contributed by atoms with Gasteiger partial charge in [0.15, 0.2) is 0 Å². The van der Waals surface area contributed by atoms with Crippen LogP contribution >= 0.6 is 11.8 Å². The van der Waals surface area contributed by atoms with Gasteiger partial charge in [-0.2, -0.15) is 0 Å². The molecule has 0 saturated carbocycles. The molecule has 0 saturated heterocycles. The lowest BCUT2D eigenvalue weighted by molar-refractivity contribution is 1.39. The van der Waals surface area contributed by atoms with Crippen LogP contribution in [0.3, 0.4) is 0 Å². The lowest BCUT2D eigenvalue weighted by Crippen LogP contribution is -1.94. The molecule has 1 aliphatic rings. The van der Waals surface area contributed by atoms with Crippen LogP contribution < -0.4 is 0 Å². The monoisotopic (exact) mass is 436 g/mol. The van der Waals surface area contributed by atoms with Crippen LogP contribution in [0.15, 0.2) is 131 Å². The van der Waals surface area contributed by atoms with Gasteiger partial charge >= 0.3 is 0 Å². The smallest absolute Gasteiger partial charge is 0.0207 e. The zero-order valence-electron chi connectivity index (χ0n) is 18.0. The first-order valence-corrected chi connectivity index (χ1v) is 12.1. The van der Waals surface area contributed by atoms with E-state index in [1.54, 1.807) is 0 Å². The highest BCUT2D eigenvalue weighted by Gasteiger charge is 2.20. The number of benzene rings is 6. The van der Waals surface area contributed by atoms with E-state index in [0.29, 0.717) is 0 Å². The number of rotatable bonds is 2. The zero-order valence-corrected chi connectivity index (χ0v) is 18.8. The minimum Gasteiger partial charge on any atom is -0.0888 e. The highest BCUT2D eigenvalue weighted by Crippen LogP contribution is 2.49. The predicted molar refractivity (Wildman–Crippen MR) is 142 cm³/mol. The SMILES string of the molecule is c1ccc(-c2cccc3ccccc23)c(-c2ccc3c(c2)-c2cccc4cccc(c24)S3)c1. The first kappa shape index (κ1) is 18.7.